The summed E-state index contributed by atoms with van der Waals surface area (Å²) in [6.07, 6.45) is 4.24. The monoisotopic (exact) mass is 390 g/mol. The predicted molar refractivity (Wildman–Crippen MR) is 110 cm³/mol. The number of ether oxygens (including phenoxy) is 2. The third-order valence-corrected chi connectivity index (χ3v) is 5.84. The molecule has 1 aliphatic heterocycles. The van der Waals surface area contributed by atoms with Gasteiger partial charge < -0.3 is 19.4 Å². The zero-order valence-electron chi connectivity index (χ0n) is 16.2. The Morgan fingerprint density at radius 2 is 1.93 bits per heavy atom. The fourth-order valence-electron chi connectivity index (χ4n) is 4.29. The Kier molecular flexibility index (Phi) is 4.27. The number of aromatic nitrogens is 1. The van der Waals surface area contributed by atoms with E-state index in [2.05, 4.69) is 17.4 Å². The molecule has 0 radical (unpaired) electrons. The van der Waals surface area contributed by atoms with Crippen molar-refractivity contribution in [2.45, 2.75) is 38.8 Å². The fraction of sp³-hybridized carbons (Fsp3) is 0.304. The number of amides is 1. The Morgan fingerprint density at radius 1 is 1.17 bits per heavy atom. The molecule has 2 heterocycles. The highest BCUT2D eigenvalue weighted by Gasteiger charge is 2.24. The third-order valence-electron chi connectivity index (χ3n) is 5.84. The summed E-state index contributed by atoms with van der Waals surface area (Å²) in [7, 11) is 0. The van der Waals surface area contributed by atoms with E-state index in [0.717, 1.165) is 24.8 Å². The van der Waals surface area contributed by atoms with Crippen molar-refractivity contribution in [2.24, 2.45) is 0 Å². The van der Waals surface area contributed by atoms with Gasteiger partial charge in [0, 0.05) is 24.8 Å². The number of hydrogen-bond acceptors (Lipinski definition) is 4. The van der Waals surface area contributed by atoms with E-state index in [1.165, 1.54) is 11.1 Å². The molecule has 0 saturated carbocycles. The third kappa shape index (κ3) is 3.05. The lowest BCUT2D eigenvalue weighted by molar-refractivity contribution is 0.0932. The maximum absolute atomic E-state index is 13.1. The number of hydrogen-bond donors (Lipinski definition) is 1. The molecule has 1 unspecified atom stereocenters. The van der Waals surface area contributed by atoms with Crippen LogP contribution in [-0.2, 0) is 19.4 Å². The lowest BCUT2D eigenvalue weighted by Crippen LogP contribution is -2.40. The Balaban J connectivity index is 1.48. The summed E-state index contributed by atoms with van der Waals surface area (Å²) in [6, 6.07) is 11.8. The van der Waals surface area contributed by atoms with Crippen LogP contribution in [0.5, 0.6) is 11.5 Å². The van der Waals surface area contributed by atoms with Crippen LogP contribution in [0.4, 0.5) is 0 Å². The summed E-state index contributed by atoms with van der Waals surface area (Å²) in [4.78, 5) is 26.1. The summed E-state index contributed by atoms with van der Waals surface area (Å²) < 4.78 is 12.8. The molecule has 29 heavy (non-hydrogen) atoms. The number of fused-ring (bicyclic) bond motifs is 3. The molecule has 1 atom stereocenters. The Hall–Kier alpha value is -3.28. The van der Waals surface area contributed by atoms with E-state index >= 15 is 0 Å². The van der Waals surface area contributed by atoms with Crippen molar-refractivity contribution >= 4 is 16.8 Å². The molecule has 2 aliphatic rings. The summed E-state index contributed by atoms with van der Waals surface area (Å²) in [5.74, 6) is 0.844. The number of carbonyl (C=O) groups excluding carboxylic acids is 1. The molecule has 0 fully saturated rings. The van der Waals surface area contributed by atoms with E-state index < -0.39 is 0 Å². The highest BCUT2D eigenvalue weighted by Crippen LogP contribution is 2.35. The van der Waals surface area contributed by atoms with Gasteiger partial charge in [0.1, 0.15) is 5.56 Å². The first-order chi connectivity index (χ1) is 14.1. The second-order valence-corrected chi connectivity index (χ2v) is 7.56. The van der Waals surface area contributed by atoms with Crippen LogP contribution in [0.3, 0.4) is 0 Å². The van der Waals surface area contributed by atoms with Crippen LogP contribution < -0.4 is 20.2 Å². The van der Waals surface area contributed by atoms with Gasteiger partial charge in [-0.05, 0) is 43.4 Å². The van der Waals surface area contributed by atoms with Crippen LogP contribution in [0.2, 0.25) is 0 Å². The average Bonchev–Trinajstić information content (AvgIpc) is 3.20. The van der Waals surface area contributed by atoms with E-state index in [0.29, 0.717) is 23.4 Å². The standard InChI is InChI=1S/C23H22N2O4/c1-2-25-12-18(22(26)17-10-20-21(11-19(17)25)29-13-28-20)23(27)24-16-8-7-14-5-3-4-6-15(14)9-16/h3-6,10-12,16H,2,7-9,13H2,1H3,(H,24,27). The fourth-order valence-corrected chi connectivity index (χ4v) is 4.29. The van der Waals surface area contributed by atoms with Crippen LogP contribution in [0.1, 0.15) is 34.8 Å². The van der Waals surface area contributed by atoms with Gasteiger partial charge in [-0.3, -0.25) is 9.59 Å². The van der Waals surface area contributed by atoms with Gasteiger partial charge in [0.05, 0.1) is 10.9 Å². The van der Waals surface area contributed by atoms with Crippen molar-refractivity contribution in [1.82, 2.24) is 9.88 Å². The zero-order chi connectivity index (χ0) is 20.0. The molecule has 5 rings (SSSR count). The Bertz CT molecular complexity index is 1180. The molecule has 0 saturated heterocycles. The molecule has 0 spiro atoms. The van der Waals surface area contributed by atoms with Crippen LogP contribution >= 0.6 is 0 Å². The van der Waals surface area contributed by atoms with Crippen LogP contribution in [0.25, 0.3) is 10.9 Å². The SMILES string of the molecule is CCn1cc(C(=O)NC2CCc3ccccc3C2)c(=O)c2cc3c(cc21)OCO3. The van der Waals surface area contributed by atoms with Gasteiger partial charge in [0.15, 0.2) is 11.5 Å². The first-order valence-corrected chi connectivity index (χ1v) is 9.98. The van der Waals surface area contributed by atoms with Crippen LogP contribution in [-0.4, -0.2) is 23.3 Å². The maximum Gasteiger partial charge on any atom is 0.257 e. The molecule has 1 aromatic heterocycles. The second-order valence-electron chi connectivity index (χ2n) is 7.56. The molecule has 6 nitrogen and oxygen atoms in total. The number of benzene rings is 2. The molecule has 148 valence electrons. The van der Waals surface area contributed by atoms with Crippen molar-refractivity contribution < 1.29 is 14.3 Å². The minimum atomic E-state index is -0.318. The van der Waals surface area contributed by atoms with Crippen molar-refractivity contribution in [3.05, 3.63) is 69.5 Å². The molecule has 0 bridgehead atoms. The van der Waals surface area contributed by atoms with Crippen molar-refractivity contribution in [3.63, 3.8) is 0 Å². The average molecular weight is 390 g/mol. The zero-order valence-corrected chi connectivity index (χ0v) is 16.2. The molecule has 1 amide bonds. The second kappa shape index (κ2) is 6.95. The van der Waals surface area contributed by atoms with Gasteiger partial charge in [0.25, 0.3) is 5.91 Å². The molecule has 1 aliphatic carbocycles. The van der Waals surface area contributed by atoms with E-state index in [1.54, 1.807) is 12.3 Å². The summed E-state index contributed by atoms with van der Waals surface area (Å²) in [5, 5.41) is 3.55. The number of rotatable bonds is 3. The molecule has 6 heteroatoms. The molecule has 2 aromatic carbocycles. The lowest BCUT2D eigenvalue weighted by Gasteiger charge is -2.25. The van der Waals surface area contributed by atoms with E-state index in [9.17, 15) is 9.59 Å². The van der Waals surface area contributed by atoms with Gasteiger partial charge in [-0.15, -0.1) is 0 Å². The van der Waals surface area contributed by atoms with E-state index in [1.807, 2.05) is 29.7 Å². The highest BCUT2D eigenvalue weighted by atomic mass is 16.7. The first kappa shape index (κ1) is 17.8. The van der Waals surface area contributed by atoms with Gasteiger partial charge in [-0.2, -0.15) is 0 Å². The Morgan fingerprint density at radius 3 is 2.72 bits per heavy atom. The minimum absolute atomic E-state index is 0.0272. The van der Waals surface area contributed by atoms with Gasteiger partial charge in [0.2, 0.25) is 12.2 Å². The van der Waals surface area contributed by atoms with E-state index in [4.69, 9.17) is 9.47 Å². The smallest absolute Gasteiger partial charge is 0.257 e. The molecular formula is C23H22N2O4. The van der Waals surface area contributed by atoms with Gasteiger partial charge >= 0.3 is 0 Å². The van der Waals surface area contributed by atoms with E-state index in [-0.39, 0.29) is 29.7 Å². The quantitative estimate of drug-likeness (QED) is 0.746. The number of pyridine rings is 1. The lowest BCUT2D eigenvalue weighted by atomic mass is 9.88. The number of nitrogens with one attached hydrogen (secondary N) is 1. The Labute approximate surface area is 168 Å². The van der Waals surface area contributed by atoms with Crippen LogP contribution in [0.15, 0.2) is 47.4 Å². The van der Waals surface area contributed by atoms with Crippen molar-refractivity contribution in [2.75, 3.05) is 6.79 Å². The van der Waals surface area contributed by atoms with Crippen LogP contribution in [0, 0.1) is 0 Å². The predicted octanol–water partition coefficient (Wildman–Crippen LogP) is 3.04. The summed E-state index contributed by atoms with van der Waals surface area (Å²) in [5.41, 5.74) is 3.23. The number of carbonyl (C=O) groups is 1. The number of aryl methyl sites for hydroxylation is 2. The highest BCUT2D eigenvalue weighted by molar-refractivity contribution is 5.98. The van der Waals surface area contributed by atoms with Crippen molar-refractivity contribution in [1.29, 1.82) is 0 Å². The molecule has 3 aromatic rings. The number of nitrogens with zero attached hydrogens (tertiary/aromatic N) is 1. The van der Waals surface area contributed by atoms with Gasteiger partial charge in [-0.1, -0.05) is 24.3 Å². The minimum Gasteiger partial charge on any atom is -0.454 e. The molecular weight excluding hydrogens is 368 g/mol. The summed E-state index contributed by atoms with van der Waals surface area (Å²) in [6.45, 7) is 2.75. The van der Waals surface area contributed by atoms with Gasteiger partial charge in [-0.25, -0.2) is 0 Å². The largest absolute Gasteiger partial charge is 0.454 e. The van der Waals surface area contributed by atoms with Crippen molar-refractivity contribution in [3.8, 4) is 11.5 Å². The summed E-state index contributed by atoms with van der Waals surface area (Å²) >= 11 is 0. The normalized spacial score (nSPS) is 17.2. The molecule has 1 N–H and O–H groups in total. The maximum atomic E-state index is 13.1. The topological polar surface area (TPSA) is 69.6 Å². The first-order valence-electron chi connectivity index (χ1n) is 9.98.